The third-order valence-corrected chi connectivity index (χ3v) is 3.67. The van der Waals surface area contributed by atoms with Gasteiger partial charge in [0, 0.05) is 19.0 Å². The van der Waals surface area contributed by atoms with E-state index in [2.05, 4.69) is 23.8 Å². The van der Waals surface area contributed by atoms with Crippen LogP contribution in [0.3, 0.4) is 0 Å². The molecule has 90 valence electrons. The van der Waals surface area contributed by atoms with Gasteiger partial charge in [-0.15, -0.1) is 0 Å². The monoisotopic (exact) mass is 230 g/mol. The molecule has 0 atom stereocenters. The highest BCUT2D eigenvalue weighted by molar-refractivity contribution is 5.98. The van der Waals surface area contributed by atoms with Crippen molar-refractivity contribution in [3.63, 3.8) is 0 Å². The van der Waals surface area contributed by atoms with Gasteiger partial charge in [-0.25, -0.2) is 9.97 Å². The van der Waals surface area contributed by atoms with Crippen molar-refractivity contribution < 1.29 is 4.79 Å². The zero-order chi connectivity index (χ0) is 12.0. The lowest BCUT2D eigenvalue weighted by molar-refractivity contribution is 0.0909. The molecule has 1 aromatic rings. The van der Waals surface area contributed by atoms with Crippen molar-refractivity contribution in [3.05, 3.63) is 23.3 Å². The molecule has 1 heterocycles. The van der Waals surface area contributed by atoms with Crippen molar-refractivity contribution in [2.75, 3.05) is 0 Å². The first-order chi connectivity index (χ1) is 8.03. The molecule has 1 aromatic heterocycles. The van der Waals surface area contributed by atoms with Gasteiger partial charge in [-0.1, -0.05) is 13.8 Å². The minimum atomic E-state index is 0.0509. The van der Waals surface area contributed by atoms with Gasteiger partial charge in [-0.2, -0.15) is 0 Å². The van der Waals surface area contributed by atoms with Gasteiger partial charge in [-0.05, 0) is 30.6 Å². The third kappa shape index (κ3) is 2.24. The van der Waals surface area contributed by atoms with E-state index in [4.69, 9.17) is 0 Å². The fourth-order valence-electron chi connectivity index (χ4n) is 2.55. The fraction of sp³-hybridized carbons (Fsp3) is 0.643. The van der Waals surface area contributed by atoms with E-state index in [9.17, 15) is 4.79 Å². The van der Waals surface area contributed by atoms with Crippen LogP contribution in [0.15, 0.2) is 6.20 Å². The summed E-state index contributed by atoms with van der Waals surface area (Å²) in [7, 11) is 0. The molecule has 17 heavy (non-hydrogen) atoms. The predicted octanol–water partition coefficient (Wildman–Crippen LogP) is 2.58. The van der Waals surface area contributed by atoms with Gasteiger partial charge in [0.2, 0.25) is 0 Å². The first-order valence-electron chi connectivity index (χ1n) is 6.41. The average molecular weight is 230 g/mol. The lowest BCUT2D eigenvalue weighted by Crippen LogP contribution is -2.28. The minimum Gasteiger partial charge on any atom is -0.294 e. The molecule has 0 unspecified atom stereocenters. The third-order valence-electron chi connectivity index (χ3n) is 3.67. The van der Waals surface area contributed by atoms with Crippen LogP contribution in [-0.2, 0) is 12.8 Å². The minimum absolute atomic E-state index is 0.0509. The Labute approximate surface area is 102 Å². The number of hydrogen-bond acceptors (Lipinski definition) is 3. The average Bonchev–Trinajstić information content (AvgIpc) is 2.99. The van der Waals surface area contributed by atoms with Gasteiger partial charge >= 0.3 is 0 Å². The van der Waals surface area contributed by atoms with Crippen molar-refractivity contribution in [3.8, 4) is 0 Å². The number of aromatic nitrogens is 2. The predicted molar refractivity (Wildman–Crippen MR) is 64.9 cm³/mol. The smallest absolute Gasteiger partial charge is 0.166 e. The van der Waals surface area contributed by atoms with Crippen molar-refractivity contribution in [1.29, 1.82) is 0 Å². The molecule has 3 heteroatoms. The van der Waals surface area contributed by atoms with E-state index in [1.807, 2.05) is 0 Å². The zero-order valence-electron chi connectivity index (χ0n) is 10.5. The molecular weight excluding hydrogens is 212 g/mol. The van der Waals surface area contributed by atoms with E-state index in [-0.39, 0.29) is 11.2 Å². The number of ketones is 1. The maximum Gasteiger partial charge on any atom is 0.166 e. The first-order valence-corrected chi connectivity index (χ1v) is 6.41. The van der Waals surface area contributed by atoms with Crippen molar-refractivity contribution >= 4 is 5.78 Å². The van der Waals surface area contributed by atoms with Gasteiger partial charge in [0.1, 0.15) is 5.82 Å². The van der Waals surface area contributed by atoms with Crippen LogP contribution in [0, 0.1) is 11.3 Å². The molecule has 0 N–H and O–H groups in total. The Balaban J connectivity index is 1.92. The SMILES string of the molecule is CC1(C)CC(=O)c2cnc(CC3CC3)nc2C1. The van der Waals surface area contributed by atoms with E-state index in [1.165, 1.54) is 12.8 Å². The number of carbonyl (C=O) groups excluding carboxylic acids is 1. The van der Waals surface area contributed by atoms with Crippen LogP contribution in [0.25, 0.3) is 0 Å². The highest BCUT2D eigenvalue weighted by Crippen LogP contribution is 2.35. The van der Waals surface area contributed by atoms with Gasteiger partial charge in [0.25, 0.3) is 0 Å². The topological polar surface area (TPSA) is 42.9 Å². The molecule has 0 saturated heterocycles. The van der Waals surface area contributed by atoms with Crippen LogP contribution in [0.2, 0.25) is 0 Å². The number of nitrogens with zero attached hydrogens (tertiary/aromatic N) is 2. The molecule has 0 aromatic carbocycles. The van der Waals surface area contributed by atoms with Crippen LogP contribution < -0.4 is 0 Å². The normalized spacial score (nSPS) is 22.4. The highest BCUT2D eigenvalue weighted by Gasteiger charge is 2.32. The van der Waals surface area contributed by atoms with Crippen LogP contribution in [0.4, 0.5) is 0 Å². The second kappa shape index (κ2) is 3.62. The summed E-state index contributed by atoms with van der Waals surface area (Å²) in [4.78, 5) is 20.9. The van der Waals surface area contributed by atoms with Crippen molar-refractivity contribution in [2.24, 2.45) is 11.3 Å². The van der Waals surface area contributed by atoms with Crippen molar-refractivity contribution in [1.82, 2.24) is 9.97 Å². The number of rotatable bonds is 2. The summed E-state index contributed by atoms with van der Waals surface area (Å²) in [5, 5.41) is 0. The Morgan fingerprint density at radius 3 is 2.82 bits per heavy atom. The first kappa shape index (κ1) is 10.9. The molecule has 3 nitrogen and oxygen atoms in total. The van der Waals surface area contributed by atoms with E-state index < -0.39 is 0 Å². The van der Waals surface area contributed by atoms with Gasteiger partial charge < -0.3 is 0 Å². The second-order valence-electron chi connectivity index (χ2n) is 6.24. The Kier molecular flexibility index (Phi) is 2.32. The van der Waals surface area contributed by atoms with Gasteiger partial charge in [-0.3, -0.25) is 4.79 Å². The molecule has 0 bridgehead atoms. The number of fused-ring (bicyclic) bond motifs is 1. The van der Waals surface area contributed by atoms with Crippen LogP contribution in [0.5, 0.6) is 0 Å². The molecular formula is C14H18N2O. The summed E-state index contributed by atoms with van der Waals surface area (Å²) < 4.78 is 0. The Morgan fingerprint density at radius 2 is 2.12 bits per heavy atom. The molecule has 0 radical (unpaired) electrons. The van der Waals surface area contributed by atoms with Crippen LogP contribution in [-0.4, -0.2) is 15.8 Å². The molecule has 1 fully saturated rings. The lowest BCUT2D eigenvalue weighted by atomic mass is 9.76. The molecule has 2 aliphatic rings. The Morgan fingerprint density at radius 1 is 1.35 bits per heavy atom. The molecule has 0 amide bonds. The van der Waals surface area contributed by atoms with Gasteiger partial charge in [0.05, 0.1) is 11.3 Å². The zero-order valence-corrected chi connectivity index (χ0v) is 10.5. The molecule has 1 saturated carbocycles. The lowest BCUT2D eigenvalue weighted by Gasteiger charge is -2.29. The largest absolute Gasteiger partial charge is 0.294 e. The summed E-state index contributed by atoms with van der Waals surface area (Å²) >= 11 is 0. The summed E-state index contributed by atoms with van der Waals surface area (Å²) in [6.45, 7) is 4.27. The van der Waals surface area contributed by atoms with E-state index in [0.29, 0.717) is 6.42 Å². The number of hydrogen-bond donors (Lipinski definition) is 0. The van der Waals surface area contributed by atoms with Gasteiger partial charge in [0.15, 0.2) is 5.78 Å². The quantitative estimate of drug-likeness (QED) is 0.784. The summed E-state index contributed by atoms with van der Waals surface area (Å²) in [5.74, 6) is 1.92. The number of carbonyl (C=O) groups is 1. The van der Waals surface area contributed by atoms with Crippen LogP contribution >= 0.6 is 0 Å². The Hall–Kier alpha value is -1.25. The molecule has 0 spiro atoms. The van der Waals surface area contributed by atoms with Crippen molar-refractivity contribution in [2.45, 2.75) is 46.0 Å². The van der Waals surface area contributed by atoms with Crippen LogP contribution in [0.1, 0.15) is 55.0 Å². The van der Waals surface area contributed by atoms with E-state index >= 15 is 0 Å². The van der Waals surface area contributed by atoms with E-state index in [0.717, 1.165) is 35.8 Å². The molecule has 2 aliphatic carbocycles. The maximum atomic E-state index is 12.0. The summed E-state index contributed by atoms with van der Waals surface area (Å²) in [6, 6.07) is 0. The van der Waals surface area contributed by atoms with E-state index in [1.54, 1.807) is 6.20 Å². The number of Topliss-reactive ketones (excluding diaryl/α,β-unsaturated/α-hetero) is 1. The highest BCUT2D eigenvalue weighted by atomic mass is 16.1. The molecule has 0 aliphatic heterocycles. The summed E-state index contributed by atoms with van der Waals surface area (Å²) in [6.07, 6.45) is 6.87. The second-order valence-corrected chi connectivity index (χ2v) is 6.24. The Bertz CT molecular complexity index is 475. The maximum absolute atomic E-state index is 12.0. The summed E-state index contributed by atoms with van der Waals surface area (Å²) in [5.41, 5.74) is 1.77. The molecule has 3 rings (SSSR count). The standard InChI is InChI=1S/C14H18N2O/c1-14(2)6-11-10(12(17)7-14)8-15-13(16-11)5-9-3-4-9/h8-9H,3-7H2,1-2H3. The fourth-order valence-corrected chi connectivity index (χ4v) is 2.55.